The predicted octanol–water partition coefficient (Wildman–Crippen LogP) is 3.62. The zero-order chi connectivity index (χ0) is 27.4. The number of hydrogen-bond donors (Lipinski definition) is 1. The summed E-state index contributed by atoms with van der Waals surface area (Å²) in [4.78, 5) is 55.0. The summed E-state index contributed by atoms with van der Waals surface area (Å²) in [7, 11) is 1.25. The van der Waals surface area contributed by atoms with Gasteiger partial charge in [-0.15, -0.1) is 0 Å². The molecule has 0 aromatic heterocycles. The van der Waals surface area contributed by atoms with Gasteiger partial charge in [0.1, 0.15) is 18.2 Å². The zero-order valence-electron chi connectivity index (χ0n) is 22.5. The van der Waals surface area contributed by atoms with E-state index in [0.29, 0.717) is 19.5 Å². The highest BCUT2D eigenvalue weighted by Crippen LogP contribution is 2.31. The molecule has 1 aromatic rings. The maximum absolute atomic E-state index is 13.7. The second-order valence-corrected chi connectivity index (χ2v) is 11.1. The van der Waals surface area contributed by atoms with Crippen molar-refractivity contribution in [2.24, 2.45) is 5.41 Å². The topological polar surface area (TPSA) is 114 Å². The van der Waals surface area contributed by atoms with Gasteiger partial charge in [0, 0.05) is 13.0 Å². The normalized spacial score (nSPS) is 24.9. The number of esters is 1. The molecule has 0 unspecified atom stereocenters. The number of allylic oxidation sites excluding steroid dienone is 1. The molecule has 4 rings (SSSR count). The number of fused-ring (bicyclic) bond motifs is 3. The summed E-state index contributed by atoms with van der Waals surface area (Å²) in [5.74, 6) is -1.06. The Kier molecular flexibility index (Phi) is 8.28. The predicted molar refractivity (Wildman–Crippen MR) is 139 cm³/mol. The Morgan fingerprint density at radius 1 is 1.13 bits per heavy atom. The highest BCUT2D eigenvalue weighted by molar-refractivity contribution is 5.91. The van der Waals surface area contributed by atoms with Crippen LogP contribution in [0.2, 0.25) is 0 Å². The number of methoxy groups -OCH3 is 1. The SMILES string of the molecule is COC(=O)[C@@H]1C[C@@H]2CN1C(=O)[C@H](C(C)(C)C)NC(=O)OCCCCC=Cc1cccc3c1CN(C3)C(=O)O2. The number of hydrogen-bond acceptors (Lipinski definition) is 7. The highest BCUT2D eigenvalue weighted by Gasteiger charge is 2.47. The summed E-state index contributed by atoms with van der Waals surface area (Å²) in [6.07, 6.45) is 4.70. The lowest BCUT2D eigenvalue weighted by atomic mass is 9.85. The van der Waals surface area contributed by atoms with Gasteiger partial charge in [-0.05, 0) is 41.4 Å². The van der Waals surface area contributed by atoms with Crippen LogP contribution in [0.25, 0.3) is 6.08 Å². The van der Waals surface area contributed by atoms with Crippen LogP contribution in [0.1, 0.15) is 63.1 Å². The number of carbonyl (C=O) groups is 4. The molecule has 38 heavy (non-hydrogen) atoms. The van der Waals surface area contributed by atoms with Crippen molar-refractivity contribution in [2.75, 3.05) is 20.3 Å². The third-order valence-electron chi connectivity index (χ3n) is 7.24. The number of cyclic esters (lactones) is 1. The van der Waals surface area contributed by atoms with E-state index in [-0.39, 0.29) is 19.6 Å². The van der Waals surface area contributed by atoms with E-state index in [9.17, 15) is 19.2 Å². The number of amides is 3. The Labute approximate surface area is 223 Å². The summed E-state index contributed by atoms with van der Waals surface area (Å²) >= 11 is 0. The van der Waals surface area contributed by atoms with E-state index in [2.05, 4.69) is 17.5 Å². The third kappa shape index (κ3) is 6.11. The third-order valence-corrected chi connectivity index (χ3v) is 7.24. The van der Waals surface area contributed by atoms with E-state index in [1.165, 1.54) is 12.0 Å². The van der Waals surface area contributed by atoms with Crippen LogP contribution in [0.3, 0.4) is 0 Å². The van der Waals surface area contributed by atoms with Crippen molar-refractivity contribution in [3.05, 3.63) is 41.0 Å². The van der Waals surface area contributed by atoms with Crippen molar-refractivity contribution in [1.29, 1.82) is 0 Å². The Balaban J connectivity index is 1.60. The number of nitrogens with one attached hydrogen (secondary N) is 1. The molecule has 3 aliphatic rings. The standard InChI is InChI=1S/C28H37N3O7/c1-28(2,3)23-24(32)31-16-20(14-22(31)25(33)36-4)38-27(35)30-15-19-12-9-11-18(21(19)17-30)10-7-5-6-8-13-37-26(34)29-23/h7,9-12,20,22-23H,5-6,8,13-17H2,1-4H3,(H,29,34)/t20-,22+,23-/m1/s1. The number of ether oxygens (including phenoxy) is 3. The van der Waals surface area contributed by atoms with Gasteiger partial charge in [0.05, 0.1) is 26.8 Å². The van der Waals surface area contributed by atoms with Gasteiger partial charge < -0.3 is 24.4 Å². The van der Waals surface area contributed by atoms with E-state index >= 15 is 0 Å². The Morgan fingerprint density at radius 3 is 2.66 bits per heavy atom. The molecule has 1 fully saturated rings. The number of rotatable bonds is 1. The minimum atomic E-state index is -0.961. The maximum Gasteiger partial charge on any atom is 0.410 e. The molecule has 0 aliphatic carbocycles. The smallest absolute Gasteiger partial charge is 0.410 e. The molecular formula is C28H37N3O7. The second kappa shape index (κ2) is 11.4. The monoisotopic (exact) mass is 527 g/mol. The fraction of sp³-hybridized carbons (Fsp3) is 0.571. The fourth-order valence-corrected chi connectivity index (χ4v) is 5.15. The van der Waals surface area contributed by atoms with E-state index in [1.54, 1.807) is 4.90 Å². The second-order valence-electron chi connectivity index (χ2n) is 11.1. The molecular weight excluding hydrogens is 490 g/mol. The first-order chi connectivity index (χ1) is 18.1. The van der Waals surface area contributed by atoms with Crippen molar-refractivity contribution in [3.63, 3.8) is 0 Å². The number of carbonyl (C=O) groups excluding carboxylic acids is 4. The van der Waals surface area contributed by atoms with Crippen molar-refractivity contribution in [1.82, 2.24) is 15.1 Å². The zero-order valence-corrected chi connectivity index (χ0v) is 22.5. The lowest BCUT2D eigenvalue weighted by Crippen LogP contribution is -2.57. The van der Waals surface area contributed by atoms with E-state index in [0.717, 1.165) is 29.5 Å². The summed E-state index contributed by atoms with van der Waals surface area (Å²) in [5, 5.41) is 2.69. The van der Waals surface area contributed by atoms with Gasteiger partial charge in [-0.25, -0.2) is 14.4 Å². The van der Waals surface area contributed by atoms with Gasteiger partial charge in [0.15, 0.2) is 0 Å². The van der Waals surface area contributed by atoms with Crippen LogP contribution in [-0.2, 0) is 36.9 Å². The van der Waals surface area contributed by atoms with Crippen LogP contribution in [-0.4, -0.2) is 72.3 Å². The minimum absolute atomic E-state index is 0.0163. The minimum Gasteiger partial charge on any atom is -0.467 e. The number of alkyl carbamates (subject to hydrolysis) is 1. The van der Waals surface area contributed by atoms with Crippen LogP contribution in [0.15, 0.2) is 24.3 Å². The average molecular weight is 528 g/mol. The van der Waals surface area contributed by atoms with Crippen LogP contribution in [0, 0.1) is 5.41 Å². The van der Waals surface area contributed by atoms with Gasteiger partial charge >= 0.3 is 18.2 Å². The summed E-state index contributed by atoms with van der Waals surface area (Å²) in [5.41, 5.74) is 2.53. The quantitative estimate of drug-likeness (QED) is 0.438. The molecule has 1 N–H and O–H groups in total. The summed E-state index contributed by atoms with van der Waals surface area (Å²) in [6, 6.07) is 4.11. The van der Waals surface area contributed by atoms with Crippen LogP contribution < -0.4 is 5.32 Å². The largest absolute Gasteiger partial charge is 0.467 e. The van der Waals surface area contributed by atoms with Gasteiger partial charge in [-0.2, -0.15) is 0 Å². The molecule has 3 amide bonds. The van der Waals surface area contributed by atoms with Crippen LogP contribution >= 0.6 is 0 Å². The fourth-order valence-electron chi connectivity index (χ4n) is 5.15. The maximum atomic E-state index is 13.7. The van der Waals surface area contributed by atoms with Crippen molar-refractivity contribution in [2.45, 2.75) is 77.7 Å². The van der Waals surface area contributed by atoms with Crippen LogP contribution in [0.5, 0.6) is 0 Å². The van der Waals surface area contributed by atoms with E-state index < -0.39 is 47.7 Å². The van der Waals surface area contributed by atoms with Gasteiger partial charge in [-0.3, -0.25) is 9.69 Å². The molecule has 1 saturated heterocycles. The lowest BCUT2D eigenvalue weighted by Gasteiger charge is -2.34. The van der Waals surface area contributed by atoms with Crippen molar-refractivity contribution >= 4 is 30.1 Å². The molecule has 206 valence electrons. The molecule has 10 nitrogen and oxygen atoms in total. The Bertz CT molecular complexity index is 1110. The van der Waals surface area contributed by atoms with E-state index in [1.807, 2.05) is 39.0 Å². The average Bonchev–Trinajstić information content (AvgIpc) is 3.49. The summed E-state index contributed by atoms with van der Waals surface area (Å²) < 4.78 is 16.1. The molecule has 4 bridgehead atoms. The Hall–Kier alpha value is -3.56. The molecule has 0 radical (unpaired) electrons. The molecule has 10 heteroatoms. The Morgan fingerprint density at radius 2 is 1.92 bits per heavy atom. The van der Waals surface area contributed by atoms with Gasteiger partial charge in [0.2, 0.25) is 5.91 Å². The van der Waals surface area contributed by atoms with Crippen LogP contribution in [0.4, 0.5) is 9.59 Å². The number of benzene rings is 1. The van der Waals surface area contributed by atoms with Gasteiger partial charge in [0.25, 0.3) is 0 Å². The molecule has 0 saturated carbocycles. The van der Waals surface area contributed by atoms with Gasteiger partial charge in [-0.1, -0.05) is 51.1 Å². The van der Waals surface area contributed by atoms with Crippen molar-refractivity contribution < 1.29 is 33.4 Å². The first kappa shape index (κ1) is 27.5. The summed E-state index contributed by atoms with van der Waals surface area (Å²) in [6.45, 7) is 6.56. The molecule has 3 aliphatic heterocycles. The molecule has 3 atom stereocenters. The first-order valence-corrected chi connectivity index (χ1v) is 13.1. The lowest BCUT2D eigenvalue weighted by molar-refractivity contribution is -0.152. The van der Waals surface area contributed by atoms with E-state index in [4.69, 9.17) is 14.2 Å². The first-order valence-electron chi connectivity index (χ1n) is 13.1. The molecule has 0 spiro atoms. The molecule has 1 aromatic carbocycles. The number of nitrogens with zero attached hydrogens (tertiary/aromatic N) is 2. The molecule has 3 heterocycles. The van der Waals surface area contributed by atoms with Crippen molar-refractivity contribution in [3.8, 4) is 0 Å². The highest BCUT2D eigenvalue weighted by atomic mass is 16.6.